The molecule has 29 heavy (non-hydrogen) atoms. The number of hydrogen-bond acceptors (Lipinski definition) is 4. The highest BCUT2D eigenvalue weighted by Gasteiger charge is 2.30. The van der Waals surface area contributed by atoms with Gasteiger partial charge in [-0.25, -0.2) is 0 Å². The Kier molecular flexibility index (Phi) is 16.4. The van der Waals surface area contributed by atoms with E-state index in [4.69, 9.17) is 10.2 Å². The Morgan fingerprint density at radius 3 is 1.48 bits per heavy atom. The Hall–Kier alpha value is -0.160. The van der Waals surface area contributed by atoms with Gasteiger partial charge < -0.3 is 20.0 Å². The van der Waals surface area contributed by atoms with Crippen molar-refractivity contribution in [2.45, 2.75) is 111 Å². The predicted octanol–water partition coefficient (Wildman–Crippen LogP) is 5.17. The van der Waals surface area contributed by atoms with Crippen molar-refractivity contribution in [2.75, 3.05) is 39.8 Å². The third-order valence-electron chi connectivity index (χ3n) is 6.27. The van der Waals surface area contributed by atoms with Crippen molar-refractivity contribution in [3.8, 4) is 0 Å². The molecule has 0 bridgehead atoms. The number of likely N-dealkylation sites (tertiary alicyclic amines) is 2. The van der Waals surface area contributed by atoms with Gasteiger partial charge in [-0.3, -0.25) is 0 Å². The summed E-state index contributed by atoms with van der Waals surface area (Å²) in [6, 6.07) is 1.01. The monoisotopic (exact) mass is 414 g/mol. The Morgan fingerprint density at radius 2 is 1.24 bits per heavy atom. The molecular weight excluding hydrogens is 360 g/mol. The van der Waals surface area contributed by atoms with Crippen LogP contribution in [0.2, 0.25) is 0 Å². The topological polar surface area (TPSA) is 46.9 Å². The maximum atomic E-state index is 8.83. The molecule has 176 valence electrons. The standard InChI is InChI=1S/C9H17N.C7H15N.C5H12O.C4H10O/c1-8-4-6-10(7-5-8)9-2-3-9;1-7-3-5-8(2)6-4-7;1-4-5(2,3)6;1-2-3-4-5/h8-9H,2-7H2,1H3;7H,3-6H2,1-2H3;6H,4H2,1-3H3;5H,2-4H2,1H3. The number of piperidine rings is 2. The molecule has 0 spiro atoms. The second kappa shape index (κ2) is 16.5. The molecule has 1 aliphatic carbocycles. The first-order valence-corrected chi connectivity index (χ1v) is 12.4. The average Bonchev–Trinajstić information content (AvgIpc) is 3.52. The molecule has 3 fully saturated rings. The molecular formula is C25H54N2O2. The molecule has 2 heterocycles. The fourth-order valence-corrected chi connectivity index (χ4v) is 3.13. The van der Waals surface area contributed by atoms with Crippen LogP contribution in [0.1, 0.15) is 99.3 Å². The van der Waals surface area contributed by atoms with Gasteiger partial charge in [0.05, 0.1) is 5.60 Å². The summed E-state index contributed by atoms with van der Waals surface area (Å²) >= 11 is 0. The SMILES string of the molecule is CC1CCN(C)CC1.CC1CCN(C2CC2)CC1.CCC(C)(C)O.CCCCO. The van der Waals surface area contributed by atoms with E-state index < -0.39 is 5.60 Å². The molecule has 2 N–H and O–H groups in total. The van der Waals surface area contributed by atoms with Crippen LogP contribution in [0.5, 0.6) is 0 Å². The Morgan fingerprint density at radius 1 is 0.828 bits per heavy atom. The van der Waals surface area contributed by atoms with Gasteiger partial charge in [0, 0.05) is 12.6 Å². The van der Waals surface area contributed by atoms with E-state index in [1.807, 2.05) is 6.92 Å². The first-order chi connectivity index (χ1) is 13.6. The Labute approximate surface area is 183 Å². The van der Waals surface area contributed by atoms with Gasteiger partial charge in [0.1, 0.15) is 0 Å². The zero-order valence-electron chi connectivity index (χ0n) is 20.9. The predicted molar refractivity (Wildman–Crippen MR) is 127 cm³/mol. The van der Waals surface area contributed by atoms with Crippen LogP contribution >= 0.6 is 0 Å². The van der Waals surface area contributed by atoms with Crippen LogP contribution in [0, 0.1) is 11.8 Å². The third-order valence-corrected chi connectivity index (χ3v) is 6.27. The summed E-state index contributed by atoms with van der Waals surface area (Å²) in [6.45, 7) is 18.0. The molecule has 0 radical (unpaired) electrons. The van der Waals surface area contributed by atoms with Crippen molar-refractivity contribution >= 4 is 0 Å². The molecule has 4 nitrogen and oxygen atoms in total. The molecule has 0 amide bonds. The molecule has 3 rings (SSSR count). The first-order valence-electron chi connectivity index (χ1n) is 12.4. The van der Waals surface area contributed by atoms with Gasteiger partial charge >= 0.3 is 0 Å². The minimum absolute atomic E-state index is 0.344. The van der Waals surface area contributed by atoms with Crippen molar-refractivity contribution in [2.24, 2.45) is 11.8 Å². The number of aliphatic hydroxyl groups is 2. The number of nitrogens with zero attached hydrogens (tertiary/aromatic N) is 2. The summed E-state index contributed by atoms with van der Waals surface area (Å²) in [5.41, 5.74) is -0.458. The number of hydrogen-bond donors (Lipinski definition) is 2. The molecule has 0 aromatic carbocycles. The van der Waals surface area contributed by atoms with E-state index in [1.54, 1.807) is 13.8 Å². The molecule has 0 aromatic rings. The molecule has 3 aliphatic rings. The highest BCUT2D eigenvalue weighted by molar-refractivity contribution is 4.86. The van der Waals surface area contributed by atoms with Gasteiger partial charge in [0.25, 0.3) is 0 Å². The zero-order chi connectivity index (χ0) is 22.3. The average molecular weight is 415 g/mol. The third kappa shape index (κ3) is 18.3. The van der Waals surface area contributed by atoms with Crippen molar-refractivity contribution in [3.05, 3.63) is 0 Å². The van der Waals surface area contributed by atoms with Crippen LogP contribution in [0.3, 0.4) is 0 Å². The second-order valence-corrected chi connectivity index (χ2v) is 10.2. The van der Waals surface area contributed by atoms with Crippen LogP contribution in [0.15, 0.2) is 0 Å². The minimum Gasteiger partial charge on any atom is -0.396 e. The van der Waals surface area contributed by atoms with Gasteiger partial charge in [-0.05, 0) is 110 Å². The van der Waals surface area contributed by atoms with Gasteiger partial charge in [-0.1, -0.05) is 34.1 Å². The maximum Gasteiger partial charge on any atom is 0.0589 e. The summed E-state index contributed by atoms with van der Waals surface area (Å²) in [6.07, 6.45) is 11.5. The fourth-order valence-electron chi connectivity index (χ4n) is 3.13. The van der Waals surface area contributed by atoms with E-state index >= 15 is 0 Å². The van der Waals surface area contributed by atoms with E-state index in [0.717, 1.165) is 37.1 Å². The number of aliphatic hydroxyl groups excluding tert-OH is 1. The van der Waals surface area contributed by atoms with Crippen molar-refractivity contribution in [3.63, 3.8) is 0 Å². The molecule has 0 atom stereocenters. The minimum atomic E-state index is -0.458. The molecule has 2 saturated heterocycles. The van der Waals surface area contributed by atoms with E-state index in [2.05, 4.69) is 37.6 Å². The summed E-state index contributed by atoms with van der Waals surface area (Å²) in [5.74, 6) is 1.97. The lowest BCUT2D eigenvalue weighted by Crippen LogP contribution is -2.34. The zero-order valence-corrected chi connectivity index (χ0v) is 20.9. The number of unbranched alkanes of at least 4 members (excludes halogenated alkanes) is 1. The van der Waals surface area contributed by atoms with E-state index in [-0.39, 0.29) is 0 Å². The molecule has 2 aliphatic heterocycles. The molecule has 1 saturated carbocycles. The van der Waals surface area contributed by atoms with Crippen LogP contribution in [0.4, 0.5) is 0 Å². The molecule has 0 unspecified atom stereocenters. The van der Waals surface area contributed by atoms with E-state index in [0.29, 0.717) is 6.61 Å². The molecule has 0 aromatic heterocycles. The van der Waals surface area contributed by atoms with Crippen molar-refractivity contribution < 1.29 is 10.2 Å². The summed E-state index contributed by atoms with van der Waals surface area (Å²) in [5, 5.41) is 16.9. The fraction of sp³-hybridized carbons (Fsp3) is 1.00. The van der Waals surface area contributed by atoms with Crippen LogP contribution < -0.4 is 0 Å². The Bertz CT molecular complexity index is 338. The van der Waals surface area contributed by atoms with Crippen molar-refractivity contribution in [1.82, 2.24) is 9.80 Å². The van der Waals surface area contributed by atoms with Crippen LogP contribution in [-0.2, 0) is 0 Å². The van der Waals surface area contributed by atoms with Crippen LogP contribution in [-0.4, -0.2) is 71.5 Å². The van der Waals surface area contributed by atoms with Crippen LogP contribution in [0.25, 0.3) is 0 Å². The maximum absolute atomic E-state index is 8.83. The second-order valence-electron chi connectivity index (χ2n) is 10.2. The largest absolute Gasteiger partial charge is 0.396 e. The summed E-state index contributed by atoms with van der Waals surface area (Å²) in [4.78, 5) is 5.08. The normalized spacial score (nSPS) is 21.8. The van der Waals surface area contributed by atoms with Crippen molar-refractivity contribution in [1.29, 1.82) is 0 Å². The number of rotatable bonds is 4. The van der Waals surface area contributed by atoms with Gasteiger partial charge in [0.2, 0.25) is 0 Å². The van der Waals surface area contributed by atoms with Gasteiger partial charge in [-0.2, -0.15) is 0 Å². The van der Waals surface area contributed by atoms with E-state index in [1.165, 1.54) is 64.7 Å². The van der Waals surface area contributed by atoms with E-state index in [9.17, 15) is 0 Å². The lowest BCUT2D eigenvalue weighted by Gasteiger charge is -2.29. The quantitative estimate of drug-likeness (QED) is 0.666. The first kappa shape index (κ1) is 28.8. The highest BCUT2D eigenvalue weighted by atomic mass is 16.3. The lowest BCUT2D eigenvalue weighted by atomic mass is 9.99. The van der Waals surface area contributed by atoms with Gasteiger partial charge in [0.15, 0.2) is 0 Å². The smallest absolute Gasteiger partial charge is 0.0589 e. The lowest BCUT2D eigenvalue weighted by molar-refractivity contribution is 0.0765. The summed E-state index contributed by atoms with van der Waals surface area (Å²) < 4.78 is 0. The van der Waals surface area contributed by atoms with Gasteiger partial charge in [-0.15, -0.1) is 0 Å². The molecule has 4 heteroatoms. The highest BCUT2D eigenvalue weighted by Crippen LogP contribution is 2.30. The Balaban J connectivity index is 0.000000376. The summed E-state index contributed by atoms with van der Waals surface area (Å²) in [7, 11) is 2.20.